The molecule has 0 aliphatic rings. The maximum absolute atomic E-state index is 11.4. The monoisotopic (exact) mass is 183 g/mol. The molecule has 0 spiro atoms. The van der Waals surface area contributed by atoms with Crippen LogP contribution in [-0.2, 0) is 4.74 Å². The second-order valence-electron chi connectivity index (χ2n) is 2.27. The summed E-state index contributed by atoms with van der Waals surface area (Å²) in [6.07, 6.45) is -0.934. The molecule has 72 valence electrons. The molecule has 1 atom stereocenters. The van der Waals surface area contributed by atoms with Gasteiger partial charge < -0.3 is 15.2 Å². The number of ether oxygens (including phenoxy) is 1. The molecule has 0 bridgehead atoms. The summed E-state index contributed by atoms with van der Waals surface area (Å²) in [5, 5.41) is 10.3. The predicted molar refractivity (Wildman–Crippen MR) is 37.2 cm³/mol. The Kier molecular flexibility index (Phi) is 5.27. The van der Waals surface area contributed by atoms with Crippen LogP contribution in [0, 0.1) is 0 Å². The quantitative estimate of drug-likeness (QED) is 0.674. The van der Waals surface area contributed by atoms with Crippen molar-refractivity contribution in [1.82, 2.24) is 5.32 Å². The zero-order valence-corrected chi connectivity index (χ0v) is 6.59. The third kappa shape index (κ3) is 7.20. The van der Waals surface area contributed by atoms with Crippen LogP contribution in [0.4, 0.5) is 13.6 Å². The molecule has 0 saturated carbocycles. The Morgan fingerprint density at radius 2 is 2.25 bits per heavy atom. The number of carbonyl (C=O) groups is 1. The van der Waals surface area contributed by atoms with Gasteiger partial charge in [-0.2, -0.15) is 8.78 Å². The topological polar surface area (TPSA) is 58.6 Å². The lowest BCUT2D eigenvalue weighted by Gasteiger charge is -2.10. The van der Waals surface area contributed by atoms with E-state index in [1.54, 1.807) is 6.92 Å². The van der Waals surface area contributed by atoms with Gasteiger partial charge in [0, 0.05) is 6.04 Å². The fourth-order valence-corrected chi connectivity index (χ4v) is 0.617. The fourth-order valence-electron chi connectivity index (χ4n) is 0.617. The number of alkyl halides is 2. The van der Waals surface area contributed by atoms with Gasteiger partial charge in [0.15, 0.2) is 0 Å². The highest BCUT2D eigenvalue weighted by molar-refractivity contribution is 5.64. The molecule has 0 rings (SSSR count). The molecule has 6 heteroatoms. The maximum Gasteiger partial charge on any atom is 0.404 e. The van der Waals surface area contributed by atoms with Crippen molar-refractivity contribution in [3.63, 3.8) is 0 Å². The molecular weight excluding hydrogens is 172 g/mol. The number of nitrogens with one attached hydrogen (secondary N) is 1. The van der Waals surface area contributed by atoms with E-state index in [0.29, 0.717) is 0 Å². The van der Waals surface area contributed by atoms with E-state index >= 15 is 0 Å². The Balaban J connectivity index is 3.31. The van der Waals surface area contributed by atoms with Crippen LogP contribution in [0.2, 0.25) is 0 Å². The Labute approximate surface area is 68.5 Å². The largest absolute Gasteiger partial charge is 0.465 e. The number of hydrogen-bond donors (Lipinski definition) is 2. The van der Waals surface area contributed by atoms with E-state index in [0.717, 1.165) is 0 Å². The summed E-state index contributed by atoms with van der Waals surface area (Å²) < 4.78 is 26.7. The van der Waals surface area contributed by atoms with E-state index < -0.39 is 12.7 Å². The van der Waals surface area contributed by atoms with Crippen molar-refractivity contribution < 1.29 is 23.4 Å². The molecule has 0 aromatic rings. The number of hydrogen-bond acceptors (Lipinski definition) is 2. The maximum atomic E-state index is 11.4. The smallest absolute Gasteiger partial charge is 0.404 e. The predicted octanol–water partition coefficient (Wildman–Crippen LogP) is 1.27. The highest BCUT2D eigenvalue weighted by atomic mass is 19.3. The van der Waals surface area contributed by atoms with E-state index in [4.69, 9.17) is 5.11 Å². The Hall–Kier alpha value is -0.910. The van der Waals surface area contributed by atoms with Gasteiger partial charge in [-0.15, -0.1) is 0 Å². The van der Waals surface area contributed by atoms with Crippen LogP contribution < -0.4 is 5.32 Å². The summed E-state index contributed by atoms with van der Waals surface area (Å²) in [7, 11) is 0. The third-order valence-electron chi connectivity index (χ3n) is 1.16. The van der Waals surface area contributed by atoms with Gasteiger partial charge in [-0.25, -0.2) is 4.79 Å². The first-order valence-electron chi connectivity index (χ1n) is 3.41. The van der Waals surface area contributed by atoms with Crippen LogP contribution in [0.15, 0.2) is 0 Å². The fraction of sp³-hybridized carbons (Fsp3) is 0.833. The third-order valence-corrected chi connectivity index (χ3v) is 1.16. The van der Waals surface area contributed by atoms with Crippen molar-refractivity contribution in [1.29, 1.82) is 0 Å². The van der Waals surface area contributed by atoms with Gasteiger partial charge in [-0.3, -0.25) is 0 Å². The summed E-state index contributed by atoms with van der Waals surface area (Å²) >= 11 is 0. The lowest BCUT2D eigenvalue weighted by atomic mass is 10.2. The Bertz CT molecular complexity index is 143. The van der Waals surface area contributed by atoms with Crippen molar-refractivity contribution in [2.45, 2.75) is 26.0 Å². The minimum absolute atomic E-state index is 0.154. The van der Waals surface area contributed by atoms with Gasteiger partial charge in [-0.1, -0.05) is 0 Å². The van der Waals surface area contributed by atoms with Gasteiger partial charge in [0.05, 0.1) is 6.61 Å². The minimum Gasteiger partial charge on any atom is -0.465 e. The number of halogens is 2. The first kappa shape index (κ1) is 11.1. The van der Waals surface area contributed by atoms with Gasteiger partial charge in [0.25, 0.3) is 0 Å². The average molecular weight is 183 g/mol. The molecule has 0 heterocycles. The van der Waals surface area contributed by atoms with E-state index in [1.807, 2.05) is 0 Å². The summed E-state index contributed by atoms with van der Waals surface area (Å²) in [5.74, 6) is 0. The molecular formula is C6H11F2NO3. The summed E-state index contributed by atoms with van der Waals surface area (Å²) in [4.78, 5) is 10.0. The minimum atomic E-state index is -2.79. The lowest BCUT2D eigenvalue weighted by Crippen LogP contribution is -2.32. The van der Waals surface area contributed by atoms with Crippen molar-refractivity contribution >= 4 is 6.09 Å². The van der Waals surface area contributed by atoms with E-state index in [2.05, 4.69) is 10.1 Å². The molecule has 12 heavy (non-hydrogen) atoms. The molecule has 1 unspecified atom stereocenters. The standard InChI is InChI=1S/C6H11F2NO3/c1-4(9-6(10)11)2-3-12-5(7)8/h4-5,9H,2-3H2,1H3,(H,10,11). The van der Waals surface area contributed by atoms with Crippen molar-refractivity contribution in [3.05, 3.63) is 0 Å². The van der Waals surface area contributed by atoms with Gasteiger partial charge in [0.2, 0.25) is 0 Å². The molecule has 4 nitrogen and oxygen atoms in total. The summed E-state index contributed by atoms with van der Waals surface area (Å²) in [6, 6.07) is -0.374. The van der Waals surface area contributed by atoms with Crippen LogP contribution in [0.1, 0.15) is 13.3 Å². The molecule has 0 aromatic carbocycles. The molecule has 0 saturated heterocycles. The number of carboxylic acid groups (broad SMARTS) is 1. The zero-order valence-electron chi connectivity index (χ0n) is 6.59. The van der Waals surface area contributed by atoms with E-state index in [1.165, 1.54) is 0 Å². The first-order chi connectivity index (χ1) is 5.52. The Morgan fingerprint density at radius 1 is 1.67 bits per heavy atom. The molecule has 1 amide bonds. The van der Waals surface area contributed by atoms with Crippen LogP contribution >= 0.6 is 0 Å². The summed E-state index contributed by atoms with van der Waals surface area (Å²) in [5.41, 5.74) is 0. The van der Waals surface area contributed by atoms with E-state index in [-0.39, 0.29) is 19.1 Å². The molecule has 0 fully saturated rings. The molecule has 0 aliphatic heterocycles. The van der Waals surface area contributed by atoms with Gasteiger partial charge in [0.1, 0.15) is 0 Å². The van der Waals surface area contributed by atoms with Crippen LogP contribution in [0.25, 0.3) is 0 Å². The second-order valence-corrected chi connectivity index (χ2v) is 2.27. The molecule has 0 aliphatic carbocycles. The molecule has 2 N–H and O–H groups in total. The van der Waals surface area contributed by atoms with Crippen molar-refractivity contribution in [2.24, 2.45) is 0 Å². The van der Waals surface area contributed by atoms with Gasteiger partial charge >= 0.3 is 12.7 Å². The van der Waals surface area contributed by atoms with Crippen LogP contribution in [0.5, 0.6) is 0 Å². The zero-order chi connectivity index (χ0) is 9.56. The average Bonchev–Trinajstić information content (AvgIpc) is 1.84. The highest BCUT2D eigenvalue weighted by Gasteiger charge is 2.06. The number of rotatable bonds is 5. The molecule has 0 radical (unpaired) electrons. The normalized spacial score (nSPS) is 13.0. The van der Waals surface area contributed by atoms with Crippen LogP contribution in [-0.4, -0.2) is 30.5 Å². The second kappa shape index (κ2) is 5.70. The number of amides is 1. The summed E-state index contributed by atoms with van der Waals surface area (Å²) in [6.45, 7) is -1.37. The van der Waals surface area contributed by atoms with E-state index in [9.17, 15) is 13.6 Å². The van der Waals surface area contributed by atoms with Crippen molar-refractivity contribution in [3.8, 4) is 0 Å². The SMILES string of the molecule is CC(CCOC(F)F)NC(=O)O. The Morgan fingerprint density at radius 3 is 2.67 bits per heavy atom. The molecule has 0 aromatic heterocycles. The van der Waals surface area contributed by atoms with Gasteiger partial charge in [-0.05, 0) is 13.3 Å². The van der Waals surface area contributed by atoms with Crippen LogP contribution in [0.3, 0.4) is 0 Å². The first-order valence-corrected chi connectivity index (χ1v) is 3.41. The van der Waals surface area contributed by atoms with Crippen molar-refractivity contribution in [2.75, 3.05) is 6.61 Å². The highest BCUT2D eigenvalue weighted by Crippen LogP contribution is 1.98. The lowest BCUT2D eigenvalue weighted by molar-refractivity contribution is -0.130.